The molecule has 2 heteroatoms. The van der Waals surface area contributed by atoms with E-state index in [2.05, 4.69) is 72.7 Å². The van der Waals surface area contributed by atoms with Gasteiger partial charge in [-0.1, -0.05) is 42.5 Å². The van der Waals surface area contributed by atoms with E-state index in [1.54, 1.807) is 0 Å². The lowest BCUT2D eigenvalue weighted by Crippen LogP contribution is -2.07. The van der Waals surface area contributed by atoms with E-state index in [1.807, 2.05) is 12.4 Å². The van der Waals surface area contributed by atoms with Crippen LogP contribution in [0, 0.1) is 6.92 Å². The normalized spacial score (nSPS) is 12.3. The van der Waals surface area contributed by atoms with Crippen LogP contribution in [0.3, 0.4) is 0 Å². The summed E-state index contributed by atoms with van der Waals surface area (Å²) in [5.41, 5.74) is 3.54. The van der Waals surface area contributed by atoms with Crippen molar-refractivity contribution in [1.82, 2.24) is 4.98 Å². The van der Waals surface area contributed by atoms with Crippen molar-refractivity contribution < 1.29 is 0 Å². The third-order valence-electron chi connectivity index (χ3n) is 3.55. The molecule has 0 radical (unpaired) electrons. The zero-order chi connectivity index (χ0) is 13.9. The minimum Gasteiger partial charge on any atom is -0.377 e. The topological polar surface area (TPSA) is 24.9 Å². The van der Waals surface area contributed by atoms with Crippen molar-refractivity contribution in [3.05, 3.63) is 72.1 Å². The number of pyridine rings is 1. The van der Waals surface area contributed by atoms with E-state index in [0.717, 1.165) is 5.69 Å². The van der Waals surface area contributed by atoms with Gasteiger partial charge in [0, 0.05) is 18.4 Å². The Hall–Kier alpha value is -2.35. The molecule has 1 N–H and O–H groups in total. The predicted octanol–water partition coefficient (Wildman–Crippen LogP) is 4.72. The average Bonchev–Trinajstić information content (AvgIpc) is 2.46. The molecule has 1 aromatic heterocycles. The molecule has 3 rings (SSSR count). The third kappa shape index (κ3) is 2.50. The van der Waals surface area contributed by atoms with Gasteiger partial charge >= 0.3 is 0 Å². The number of aryl methyl sites for hydroxylation is 1. The van der Waals surface area contributed by atoms with Crippen LogP contribution in [0.1, 0.15) is 24.1 Å². The van der Waals surface area contributed by atoms with Gasteiger partial charge in [-0.3, -0.25) is 4.98 Å². The van der Waals surface area contributed by atoms with Crippen molar-refractivity contribution >= 4 is 16.5 Å². The van der Waals surface area contributed by atoms with Gasteiger partial charge in [-0.05, 0) is 41.8 Å². The SMILES string of the molecule is Cc1cncc(NC(C)c2cccc3ccccc23)c1. The van der Waals surface area contributed by atoms with Crippen LogP contribution in [0.15, 0.2) is 60.9 Å². The number of aromatic nitrogens is 1. The molecule has 2 nitrogen and oxygen atoms in total. The summed E-state index contributed by atoms with van der Waals surface area (Å²) < 4.78 is 0. The maximum Gasteiger partial charge on any atom is 0.0534 e. The Kier molecular flexibility index (Phi) is 3.38. The number of anilines is 1. The fourth-order valence-electron chi connectivity index (χ4n) is 2.59. The van der Waals surface area contributed by atoms with E-state index >= 15 is 0 Å². The van der Waals surface area contributed by atoms with E-state index in [0.29, 0.717) is 0 Å². The Labute approximate surface area is 119 Å². The van der Waals surface area contributed by atoms with Gasteiger partial charge in [-0.15, -0.1) is 0 Å². The van der Waals surface area contributed by atoms with Crippen LogP contribution in [0.2, 0.25) is 0 Å². The summed E-state index contributed by atoms with van der Waals surface area (Å²) in [4.78, 5) is 4.23. The molecular formula is C18H18N2. The van der Waals surface area contributed by atoms with Gasteiger partial charge in [0.2, 0.25) is 0 Å². The molecule has 1 atom stereocenters. The highest BCUT2D eigenvalue weighted by Gasteiger charge is 2.09. The van der Waals surface area contributed by atoms with E-state index < -0.39 is 0 Å². The first kappa shape index (κ1) is 12.7. The maximum atomic E-state index is 4.23. The van der Waals surface area contributed by atoms with Crippen molar-refractivity contribution in [2.45, 2.75) is 19.9 Å². The quantitative estimate of drug-likeness (QED) is 0.739. The second kappa shape index (κ2) is 5.33. The summed E-state index contributed by atoms with van der Waals surface area (Å²) in [5.74, 6) is 0. The van der Waals surface area contributed by atoms with Crippen LogP contribution in [0.5, 0.6) is 0 Å². The van der Waals surface area contributed by atoms with Crippen molar-refractivity contribution in [2.75, 3.05) is 5.32 Å². The van der Waals surface area contributed by atoms with Crippen LogP contribution in [-0.2, 0) is 0 Å². The molecule has 0 saturated carbocycles. The van der Waals surface area contributed by atoms with Crippen LogP contribution in [-0.4, -0.2) is 4.98 Å². The van der Waals surface area contributed by atoms with Crippen LogP contribution < -0.4 is 5.32 Å². The molecule has 1 unspecified atom stereocenters. The number of hydrogen-bond acceptors (Lipinski definition) is 2. The second-order valence-electron chi connectivity index (χ2n) is 5.19. The summed E-state index contributed by atoms with van der Waals surface area (Å²) in [6.07, 6.45) is 3.74. The zero-order valence-electron chi connectivity index (χ0n) is 11.8. The molecule has 0 fully saturated rings. The number of fused-ring (bicyclic) bond motifs is 1. The second-order valence-corrected chi connectivity index (χ2v) is 5.19. The Morgan fingerprint density at radius 2 is 1.80 bits per heavy atom. The largest absolute Gasteiger partial charge is 0.377 e. The Balaban J connectivity index is 1.94. The lowest BCUT2D eigenvalue weighted by atomic mass is 9.99. The van der Waals surface area contributed by atoms with Crippen molar-refractivity contribution in [3.8, 4) is 0 Å². The van der Waals surface area contributed by atoms with E-state index in [-0.39, 0.29) is 6.04 Å². The van der Waals surface area contributed by atoms with Gasteiger partial charge in [0.05, 0.1) is 5.69 Å². The number of nitrogens with one attached hydrogen (secondary N) is 1. The average molecular weight is 262 g/mol. The van der Waals surface area contributed by atoms with Gasteiger partial charge < -0.3 is 5.32 Å². The highest BCUT2D eigenvalue weighted by molar-refractivity contribution is 5.86. The first-order chi connectivity index (χ1) is 9.74. The Bertz CT molecular complexity index is 729. The van der Waals surface area contributed by atoms with E-state index in [1.165, 1.54) is 21.9 Å². The van der Waals surface area contributed by atoms with Crippen LogP contribution >= 0.6 is 0 Å². The Morgan fingerprint density at radius 1 is 1.00 bits per heavy atom. The first-order valence-electron chi connectivity index (χ1n) is 6.90. The number of benzene rings is 2. The van der Waals surface area contributed by atoms with Crippen molar-refractivity contribution in [1.29, 1.82) is 0 Å². The van der Waals surface area contributed by atoms with Crippen LogP contribution in [0.25, 0.3) is 10.8 Å². The molecule has 2 aromatic carbocycles. The summed E-state index contributed by atoms with van der Waals surface area (Å²) in [5, 5.41) is 6.11. The minimum absolute atomic E-state index is 0.240. The summed E-state index contributed by atoms with van der Waals surface area (Å²) in [6, 6.07) is 17.3. The van der Waals surface area contributed by atoms with Gasteiger partial charge in [-0.2, -0.15) is 0 Å². The molecule has 0 aliphatic carbocycles. The maximum absolute atomic E-state index is 4.23. The van der Waals surface area contributed by atoms with Gasteiger partial charge in [-0.25, -0.2) is 0 Å². The fraction of sp³-hybridized carbons (Fsp3) is 0.167. The number of hydrogen-bond donors (Lipinski definition) is 1. The molecule has 3 aromatic rings. The molecule has 20 heavy (non-hydrogen) atoms. The molecule has 100 valence electrons. The van der Waals surface area contributed by atoms with Crippen molar-refractivity contribution in [3.63, 3.8) is 0 Å². The van der Waals surface area contributed by atoms with Gasteiger partial charge in [0.1, 0.15) is 0 Å². The van der Waals surface area contributed by atoms with Crippen molar-refractivity contribution in [2.24, 2.45) is 0 Å². The lowest BCUT2D eigenvalue weighted by Gasteiger charge is -2.17. The third-order valence-corrected chi connectivity index (χ3v) is 3.55. The minimum atomic E-state index is 0.240. The Morgan fingerprint density at radius 3 is 2.65 bits per heavy atom. The molecule has 1 heterocycles. The fourth-order valence-corrected chi connectivity index (χ4v) is 2.59. The summed E-state index contributed by atoms with van der Waals surface area (Å²) in [6.45, 7) is 4.24. The molecule has 0 saturated heterocycles. The highest BCUT2D eigenvalue weighted by Crippen LogP contribution is 2.26. The molecule has 0 spiro atoms. The predicted molar refractivity (Wildman–Crippen MR) is 85.0 cm³/mol. The van der Waals surface area contributed by atoms with Gasteiger partial charge in [0.25, 0.3) is 0 Å². The molecular weight excluding hydrogens is 244 g/mol. The highest BCUT2D eigenvalue weighted by atomic mass is 14.9. The van der Waals surface area contributed by atoms with E-state index in [9.17, 15) is 0 Å². The van der Waals surface area contributed by atoms with Crippen LogP contribution in [0.4, 0.5) is 5.69 Å². The van der Waals surface area contributed by atoms with E-state index in [4.69, 9.17) is 0 Å². The molecule has 0 aliphatic rings. The summed E-state index contributed by atoms with van der Waals surface area (Å²) in [7, 11) is 0. The monoisotopic (exact) mass is 262 g/mol. The number of nitrogens with zero attached hydrogens (tertiary/aromatic N) is 1. The zero-order valence-corrected chi connectivity index (χ0v) is 11.8. The smallest absolute Gasteiger partial charge is 0.0534 e. The molecule has 0 bridgehead atoms. The lowest BCUT2D eigenvalue weighted by molar-refractivity contribution is 0.892. The standard InChI is InChI=1S/C18H18N2/c1-13-10-16(12-19-11-13)20-14(2)17-9-5-7-15-6-3-4-8-18(15)17/h3-12,14,20H,1-2H3. The number of rotatable bonds is 3. The first-order valence-corrected chi connectivity index (χ1v) is 6.90. The summed E-state index contributed by atoms with van der Waals surface area (Å²) >= 11 is 0. The molecule has 0 aliphatic heterocycles. The molecule has 0 amide bonds. The van der Waals surface area contributed by atoms with Gasteiger partial charge in [0.15, 0.2) is 0 Å².